The van der Waals surface area contributed by atoms with Crippen molar-refractivity contribution in [3.63, 3.8) is 0 Å². The molecule has 0 unspecified atom stereocenters. The number of hydrogen-bond acceptors (Lipinski definition) is 3. The van der Waals surface area contributed by atoms with Crippen molar-refractivity contribution in [1.82, 2.24) is 19.2 Å². The Kier molecular flexibility index (Phi) is 3.60. The Labute approximate surface area is 123 Å². The second-order valence-electron chi connectivity index (χ2n) is 5.35. The Morgan fingerprint density at radius 2 is 2.10 bits per heavy atom. The van der Waals surface area contributed by atoms with Gasteiger partial charge in [-0.25, -0.2) is 4.98 Å². The number of rotatable bonds is 3. The van der Waals surface area contributed by atoms with Crippen LogP contribution in [0.15, 0.2) is 24.5 Å². The van der Waals surface area contributed by atoms with Crippen LogP contribution < -0.4 is 0 Å². The fraction of sp³-hybridized carbons (Fsp3) is 0.400. The smallest absolute Gasteiger partial charge is 0.228 e. The van der Waals surface area contributed by atoms with Crippen molar-refractivity contribution in [1.29, 1.82) is 0 Å². The minimum absolute atomic E-state index is 0.0709. The molecule has 21 heavy (non-hydrogen) atoms. The highest BCUT2D eigenvalue weighted by molar-refractivity contribution is 5.78. The second-order valence-corrected chi connectivity index (χ2v) is 5.35. The Balaban J connectivity index is 1.69. The molecule has 3 heterocycles. The number of nitrogens with zero attached hydrogens (tertiary/aromatic N) is 4. The molecule has 110 valence electrons. The van der Waals surface area contributed by atoms with Crippen LogP contribution in [0.1, 0.15) is 11.3 Å². The topological polar surface area (TPSA) is 57.9 Å². The summed E-state index contributed by atoms with van der Waals surface area (Å²) in [4.78, 5) is 31.0. The average molecular weight is 286 g/mol. The summed E-state index contributed by atoms with van der Waals surface area (Å²) < 4.78 is 1.95. The van der Waals surface area contributed by atoms with Crippen LogP contribution in [-0.2, 0) is 16.0 Å². The number of aromatic nitrogens is 2. The zero-order chi connectivity index (χ0) is 14.8. The summed E-state index contributed by atoms with van der Waals surface area (Å²) in [5.41, 5.74) is 2.77. The van der Waals surface area contributed by atoms with Crippen LogP contribution in [0.4, 0.5) is 0 Å². The van der Waals surface area contributed by atoms with Gasteiger partial charge in [-0.15, -0.1) is 0 Å². The SMILES string of the molecule is Cc1cccn2cc(CC(=O)N3CCN(C=O)CC3)nc12. The third kappa shape index (κ3) is 2.74. The van der Waals surface area contributed by atoms with Gasteiger partial charge in [-0.3, -0.25) is 9.59 Å². The Hall–Kier alpha value is -2.37. The molecule has 0 N–H and O–H groups in total. The van der Waals surface area contributed by atoms with E-state index in [4.69, 9.17) is 0 Å². The molecule has 3 rings (SSSR count). The maximum absolute atomic E-state index is 12.3. The van der Waals surface area contributed by atoms with Crippen molar-refractivity contribution in [3.05, 3.63) is 35.8 Å². The maximum atomic E-state index is 12.3. The highest BCUT2D eigenvalue weighted by Crippen LogP contribution is 2.11. The number of hydrogen-bond donors (Lipinski definition) is 0. The van der Waals surface area contributed by atoms with Gasteiger partial charge in [-0.2, -0.15) is 0 Å². The van der Waals surface area contributed by atoms with E-state index < -0.39 is 0 Å². The number of pyridine rings is 1. The quantitative estimate of drug-likeness (QED) is 0.771. The zero-order valence-electron chi connectivity index (χ0n) is 12.0. The van der Waals surface area contributed by atoms with Crippen molar-refractivity contribution in [2.75, 3.05) is 26.2 Å². The van der Waals surface area contributed by atoms with E-state index in [-0.39, 0.29) is 5.91 Å². The molecule has 6 nitrogen and oxygen atoms in total. The normalized spacial score (nSPS) is 15.5. The maximum Gasteiger partial charge on any atom is 0.228 e. The van der Waals surface area contributed by atoms with Gasteiger partial charge in [-0.05, 0) is 18.6 Å². The zero-order valence-corrected chi connectivity index (χ0v) is 12.0. The molecule has 0 bridgehead atoms. The molecule has 2 aromatic rings. The first-order chi connectivity index (χ1) is 10.2. The van der Waals surface area contributed by atoms with Gasteiger partial charge in [0.25, 0.3) is 0 Å². The number of imidazole rings is 1. The monoisotopic (exact) mass is 286 g/mol. The third-order valence-electron chi connectivity index (χ3n) is 3.88. The lowest BCUT2D eigenvalue weighted by atomic mass is 10.2. The molecular formula is C15H18N4O2. The van der Waals surface area contributed by atoms with Crippen molar-refractivity contribution >= 4 is 18.0 Å². The molecule has 0 aliphatic carbocycles. The lowest BCUT2D eigenvalue weighted by Crippen LogP contribution is -2.48. The van der Waals surface area contributed by atoms with E-state index in [0.717, 1.165) is 23.3 Å². The van der Waals surface area contributed by atoms with E-state index in [0.29, 0.717) is 32.6 Å². The van der Waals surface area contributed by atoms with Crippen LogP contribution >= 0.6 is 0 Å². The van der Waals surface area contributed by atoms with Crippen LogP contribution in [0.5, 0.6) is 0 Å². The van der Waals surface area contributed by atoms with Gasteiger partial charge in [0.05, 0.1) is 12.1 Å². The van der Waals surface area contributed by atoms with Crippen LogP contribution in [-0.4, -0.2) is 57.7 Å². The summed E-state index contributed by atoms with van der Waals surface area (Å²) in [7, 11) is 0. The molecule has 1 aliphatic heterocycles. The summed E-state index contributed by atoms with van der Waals surface area (Å²) in [6, 6.07) is 3.97. The standard InChI is InChI=1S/C15H18N4O2/c1-12-3-2-4-19-10-13(16-15(12)19)9-14(21)18-7-5-17(11-20)6-8-18/h2-4,10-11H,5-9H2,1H3. The third-order valence-corrected chi connectivity index (χ3v) is 3.88. The van der Waals surface area contributed by atoms with E-state index >= 15 is 0 Å². The number of piperazine rings is 1. The summed E-state index contributed by atoms with van der Waals surface area (Å²) in [5.74, 6) is 0.0709. The lowest BCUT2D eigenvalue weighted by Gasteiger charge is -2.32. The molecule has 2 aromatic heterocycles. The van der Waals surface area contributed by atoms with Crippen molar-refractivity contribution in [2.45, 2.75) is 13.3 Å². The van der Waals surface area contributed by atoms with Crippen LogP contribution in [0, 0.1) is 6.92 Å². The summed E-state index contributed by atoms with van der Waals surface area (Å²) in [5, 5.41) is 0. The van der Waals surface area contributed by atoms with Crippen molar-refractivity contribution in [2.24, 2.45) is 0 Å². The molecule has 1 saturated heterocycles. The highest BCUT2D eigenvalue weighted by Gasteiger charge is 2.21. The lowest BCUT2D eigenvalue weighted by molar-refractivity contribution is -0.134. The number of carbonyl (C=O) groups excluding carboxylic acids is 2. The van der Waals surface area contributed by atoms with Gasteiger partial charge in [0.2, 0.25) is 12.3 Å². The predicted octanol–water partition coefficient (Wildman–Crippen LogP) is 0.486. The predicted molar refractivity (Wildman–Crippen MR) is 77.9 cm³/mol. The number of carbonyl (C=O) groups is 2. The molecule has 6 heteroatoms. The van der Waals surface area contributed by atoms with Gasteiger partial charge in [0, 0.05) is 38.6 Å². The van der Waals surface area contributed by atoms with Crippen LogP contribution in [0.3, 0.4) is 0 Å². The largest absolute Gasteiger partial charge is 0.342 e. The molecule has 1 aliphatic rings. The highest BCUT2D eigenvalue weighted by atomic mass is 16.2. The van der Waals surface area contributed by atoms with E-state index in [1.54, 1.807) is 9.80 Å². The average Bonchev–Trinajstić information content (AvgIpc) is 2.91. The molecule has 0 aromatic carbocycles. The Morgan fingerprint density at radius 1 is 1.33 bits per heavy atom. The van der Waals surface area contributed by atoms with Crippen LogP contribution in [0.2, 0.25) is 0 Å². The first-order valence-electron chi connectivity index (χ1n) is 7.07. The van der Waals surface area contributed by atoms with Crippen molar-refractivity contribution in [3.8, 4) is 0 Å². The molecule has 1 fully saturated rings. The minimum atomic E-state index is 0.0709. The molecule has 2 amide bonds. The fourth-order valence-corrected chi connectivity index (χ4v) is 2.63. The molecule has 0 radical (unpaired) electrons. The molecule has 0 spiro atoms. The molecule has 0 atom stereocenters. The summed E-state index contributed by atoms with van der Waals surface area (Å²) in [6.45, 7) is 4.43. The molecular weight excluding hydrogens is 268 g/mol. The summed E-state index contributed by atoms with van der Waals surface area (Å²) >= 11 is 0. The first kappa shape index (κ1) is 13.6. The first-order valence-corrected chi connectivity index (χ1v) is 7.07. The second kappa shape index (κ2) is 5.55. The number of fused-ring (bicyclic) bond motifs is 1. The number of amides is 2. The summed E-state index contributed by atoms with van der Waals surface area (Å²) in [6.07, 6.45) is 4.99. The van der Waals surface area contributed by atoms with E-state index in [1.165, 1.54) is 0 Å². The van der Waals surface area contributed by atoms with E-state index in [1.807, 2.05) is 35.9 Å². The Morgan fingerprint density at radius 3 is 2.76 bits per heavy atom. The number of aryl methyl sites for hydroxylation is 1. The fourth-order valence-electron chi connectivity index (χ4n) is 2.63. The van der Waals surface area contributed by atoms with E-state index in [9.17, 15) is 9.59 Å². The van der Waals surface area contributed by atoms with Gasteiger partial charge in [-0.1, -0.05) is 6.07 Å². The van der Waals surface area contributed by atoms with Crippen LogP contribution in [0.25, 0.3) is 5.65 Å². The van der Waals surface area contributed by atoms with Gasteiger partial charge < -0.3 is 14.2 Å². The van der Waals surface area contributed by atoms with Gasteiger partial charge in [0.1, 0.15) is 5.65 Å². The van der Waals surface area contributed by atoms with Crippen molar-refractivity contribution < 1.29 is 9.59 Å². The van der Waals surface area contributed by atoms with E-state index in [2.05, 4.69) is 4.98 Å². The van der Waals surface area contributed by atoms with Gasteiger partial charge in [0.15, 0.2) is 0 Å². The minimum Gasteiger partial charge on any atom is -0.342 e. The van der Waals surface area contributed by atoms with Gasteiger partial charge >= 0.3 is 0 Å². The Bertz CT molecular complexity index is 671. The molecule has 0 saturated carbocycles.